The fraction of sp³-hybridized carbons (Fsp3) is 0.100. The number of aromatic nitrogens is 3. The standard InChI is InChI=1S/C10H7F3N4O3/c1-20-10-15-9(16-17-10)14-8(19)3-2-4(11)6(13)7(18)5(3)12/h2,18H,1H3,(H2,14,15,16,17,19). The van der Waals surface area contributed by atoms with Crippen LogP contribution in [0.2, 0.25) is 0 Å². The number of benzene rings is 1. The fourth-order valence-corrected chi connectivity index (χ4v) is 1.32. The van der Waals surface area contributed by atoms with Crippen molar-refractivity contribution in [2.45, 2.75) is 0 Å². The number of ether oxygens (including phenoxy) is 1. The topological polar surface area (TPSA) is 100 Å². The molecule has 1 aromatic heterocycles. The van der Waals surface area contributed by atoms with Gasteiger partial charge in [-0.25, -0.2) is 13.9 Å². The number of nitrogens with zero attached hydrogens (tertiary/aromatic N) is 2. The van der Waals surface area contributed by atoms with E-state index in [1.54, 1.807) is 0 Å². The smallest absolute Gasteiger partial charge is 0.336 e. The van der Waals surface area contributed by atoms with Crippen molar-refractivity contribution < 1.29 is 27.8 Å². The molecule has 20 heavy (non-hydrogen) atoms. The summed E-state index contributed by atoms with van der Waals surface area (Å²) in [6.45, 7) is 0. The maximum Gasteiger partial charge on any atom is 0.336 e. The van der Waals surface area contributed by atoms with Gasteiger partial charge in [0.05, 0.1) is 12.7 Å². The van der Waals surface area contributed by atoms with Crippen molar-refractivity contribution in [3.8, 4) is 11.8 Å². The number of carbonyl (C=O) groups is 1. The Balaban J connectivity index is 2.30. The van der Waals surface area contributed by atoms with Gasteiger partial charge in [-0.15, -0.1) is 5.10 Å². The molecule has 10 heteroatoms. The number of amides is 1. The van der Waals surface area contributed by atoms with Gasteiger partial charge in [0.15, 0.2) is 17.4 Å². The first-order valence-corrected chi connectivity index (χ1v) is 5.08. The van der Waals surface area contributed by atoms with Crippen LogP contribution in [0.4, 0.5) is 19.1 Å². The maximum atomic E-state index is 13.5. The quantitative estimate of drug-likeness (QED) is 0.737. The van der Waals surface area contributed by atoms with Crippen LogP contribution in [-0.4, -0.2) is 33.3 Å². The SMILES string of the molecule is COc1n[nH]c(NC(=O)c2cc(F)c(F)c(O)c2F)n1. The first-order chi connectivity index (χ1) is 9.43. The van der Waals surface area contributed by atoms with E-state index in [1.165, 1.54) is 7.11 Å². The Kier molecular flexibility index (Phi) is 3.46. The first-order valence-electron chi connectivity index (χ1n) is 5.08. The molecule has 0 fully saturated rings. The largest absolute Gasteiger partial charge is 0.503 e. The highest BCUT2D eigenvalue weighted by molar-refractivity contribution is 6.03. The zero-order valence-electron chi connectivity index (χ0n) is 9.87. The zero-order chi connectivity index (χ0) is 14.9. The minimum absolute atomic E-state index is 0.0890. The Morgan fingerprint density at radius 1 is 1.40 bits per heavy atom. The van der Waals surface area contributed by atoms with E-state index in [0.29, 0.717) is 6.07 Å². The molecule has 0 spiro atoms. The van der Waals surface area contributed by atoms with E-state index in [1.807, 2.05) is 5.32 Å². The molecule has 0 unspecified atom stereocenters. The Labute approximate surface area is 109 Å². The number of hydrogen-bond acceptors (Lipinski definition) is 5. The van der Waals surface area contributed by atoms with Gasteiger partial charge in [0, 0.05) is 0 Å². The Morgan fingerprint density at radius 3 is 2.70 bits per heavy atom. The van der Waals surface area contributed by atoms with Gasteiger partial charge in [0.25, 0.3) is 5.91 Å². The van der Waals surface area contributed by atoms with E-state index in [0.717, 1.165) is 0 Å². The summed E-state index contributed by atoms with van der Waals surface area (Å²) in [5.41, 5.74) is -0.892. The summed E-state index contributed by atoms with van der Waals surface area (Å²) >= 11 is 0. The molecule has 0 aliphatic heterocycles. The van der Waals surface area contributed by atoms with E-state index in [-0.39, 0.29) is 12.0 Å². The molecule has 0 radical (unpaired) electrons. The van der Waals surface area contributed by atoms with Gasteiger partial charge in [0.1, 0.15) is 0 Å². The highest BCUT2D eigenvalue weighted by Crippen LogP contribution is 2.26. The normalized spacial score (nSPS) is 10.4. The Morgan fingerprint density at radius 2 is 2.10 bits per heavy atom. The molecule has 3 N–H and O–H groups in total. The number of methoxy groups -OCH3 is 1. The third kappa shape index (κ3) is 2.35. The number of halogens is 3. The summed E-state index contributed by atoms with van der Waals surface area (Å²) in [6, 6.07) is 0.224. The summed E-state index contributed by atoms with van der Waals surface area (Å²) in [4.78, 5) is 15.3. The van der Waals surface area contributed by atoms with E-state index in [2.05, 4.69) is 19.9 Å². The van der Waals surface area contributed by atoms with Gasteiger partial charge < -0.3 is 9.84 Å². The van der Waals surface area contributed by atoms with Crippen LogP contribution in [0.5, 0.6) is 11.8 Å². The van der Waals surface area contributed by atoms with Crippen molar-refractivity contribution in [3.63, 3.8) is 0 Å². The summed E-state index contributed by atoms with van der Waals surface area (Å²) in [5, 5.41) is 16.8. The number of anilines is 1. The molecule has 2 rings (SSSR count). The molecule has 0 aliphatic carbocycles. The molecule has 0 aliphatic rings. The highest BCUT2D eigenvalue weighted by Gasteiger charge is 2.23. The summed E-state index contributed by atoms with van der Waals surface area (Å²) in [5.74, 6) is -7.87. The van der Waals surface area contributed by atoms with Gasteiger partial charge >= 0.3 is 6.01 Å². The first kappa shape index (κ1) is 13.6. The number of nitrogens with one attached hydrogen (secondary N) is 2. The lowest BCUT2D eigenvalue weighted by Gasteiger charge is -2.06. The van der Waals surface area contributed by atoms with Crippen LogP contribution < -0.4 is 10.1 Å². The molecule has 1 heterocycles. The van der Waals surface area contributed by atoms with E-state index in [9.17, 15) is 18.0 Å². The molecule has 2 aromatic rings. The van der Waals surface area contributed by atoms with Crippen LogP contribution in [0.1, 0.15) is 10.4 Å². The third-order valence-electron chi connectivity index (χ3n) is 2.26. The lowest BCUT2D eigenvalue weighted by atomic mass is 10.1. The lowest BCUT2D eigenvalue weighted by molar-refractivity contribution is 0.102. The third-order valence-corrected chi connectivity index (χ3v) is 2.26. The summed E-state index contributed by atoms with van der Waals surface area (Å²) < 4.78 is 44.0. The summed E-state index contributed by atoms with van der Waals surface area (Å²) in [7, 11) is 1.28. The number of aromatic hydroxyl groups is 1. The second-order valence-electron chi connectivity index (χ2n) is 3.51. The molecule has 1 amide bonds. The second-order valence-corrected chi connectivity index (χ2v) is 3.51. The predicted octanol–water partition coefficient (Wildman–Crippen LogP) is 1.19. The number of rotatable bonds is 3. The number of aromatic amines is 1. The van der Waals surface area contributed by atoms with Crippen molar-refractivity contribution >= 4 is 11.9 Å². The average molecular weight is 288 g/mol. The van der Waals surface area contributed by atoms with Crippen molar-refractivity contribution in [1.29, 1.82) is 0 Å². The molecular formula is C10H7F3N4O3. The highest BCUT2D eigenvalue weighted by atomic mass is 19.2. The number of carbonyl (C=O) groups excluding carboxylic acids is 1. The number of phenols is 1. The molecule has 0 saturated carbocycles. The van der Waals surface area contributed by atoms with Crippen LogP contribution in [0, 0.1) is 17.5 Å². The van der Waals surface area contributed by atoms with Crippen molar-refractivity contribution in [1.82, 2.24) is 15.2 Å². The van der Waals surface area contributed by atoms with E-state index >= 15 is 0 Å². The summed E-state index contributed by atoms with van der Waals surface area (Å²) in [6.07, 6.45) is 0. The van der Waals surface area contributed by atoms with Crippen LogP contribution >= 0.6 is 0 Å². The van der Waals surface area contributed by atoms with E-state index < -0.39 is 34.7 Å². The minimum atomic E-state index is -1.78. The molecule has 106 valence electrons. The van der Waals surface area contributed by atoms with Crippen LogP contribution in [0.25, 0.3) is 0 Å². The van der Waals surface area contributed by atoms with Gasteiger partial charge in [-0.05, 0) is 6.07 Å². The van der Waals surface area contributed by atoms with Gasteiger partial charge in [-0.2, -0.15) is 9.37 Å². The Bertz CT molecular complexity index is 674. The van der Waals surface area contributed by atoms with Crippen molar-refractivity contribution in [3.05, 3.63) is 29.1 Å². The number of H-pyrrole nitrogens is 1. The Hall–Kier alpha value is -2.78. The molecule has 0 saturated heterocycles. The number of phenolic OH excluding ortho intramolecular Hbond substituents is 1. The second kappa shape index (κ2) is 5.07. The minimum Gasteiger partial charge on any atom is -0.503 e. The fourth-order valence-electron chi connectivity index (χ4n) is 1.32. The number of hydrogen-bond donors (Lipinski definition) is 3. The van der Waals surface area contributed by atoms with Gasteiger partial charge in [0.2, 0.25) is 11.8 Å². The van der Waals surface area contributed by atoms with Gasteiger partial charge in [-0.3, -0.25) is 10.1 Å². The molecule has 0 atom stereocenters. The monoisotopic (exact) mass is 288 g/mol. The maximum absolute atomic E-state index is 13.5. The molecule has 7 nitrogen and oxygen atoms in total. The molecule has 1 aromatic carbocycles. The van der Waals surface area contributed by atoms with Crippen LogP contribution in [0.3, 0.4) is 0 Å². The van der Waals surface area contributed by atoms with Crippen molar-refractivity contribution in [2.24, 2.45) is 0 Å². The average Bonchev–Trinajstić information content (AvgIpc) is 2.88. The lowest BCUT2D eigenvalue weighted by Crippen LogP contribution is -2.16. The van der Waals surface area contributed by atoms with Gasteiger partial charge in [-0.1, -0.05) is 0 Å². The predicted molar refractivity (Wildman–Crippen MR) is 58.9 cm³/mol. The molecular weight excluding hydrogens is 281 g/mol. The molecule has 0 bridgehead atoms. The van der Waals surface area contributed by atoms with Crippen LogP contribution in [0.15, 0.2) is 6.07 Å². The zero-order valence-corrected chi connectivity index (χ0v) is 9.87. The van der Waals surface area contributed by atoms with E-state index in [4.69, 9.17) is 5.11 Å². The van der Waals surface area contributed by atoms with Crippen LogP contribution in [-0.2, 0) is 0 Å². The van der Waals surface area contributed by atoms with Crippen molar-refractivity contribution in [2.75, 3.05) is 12.4 Å².